The number of aliphatic hydroxyl groups is 1. The van der Waals surface area contributed by atoms with Gasteiger partial charge >= 0.3 is 0 Å². The third-order valence-corrected chi connectivity index (χ3v) is 3.69. The van der Waals surface area contributed by atoms with Gasteiger partial charge < -0.3 is 10.4 Å². The average Bonchev–Trinajstić information content (AvgIpc) is 2.29. The molecule has 18 heavy (non-hydrogen) atoms. The molecule has 0 aromatic heterocycles. The van der Waals surface area contributed by atoms with E-state index in [-0.39, 0.29) is 18.1 Å². The fourth-order valence-electron chi connectivity index (χ4n) is 1.90. The predicted molar refractivity (Wildman–Crippen MR) is 78.2 cm³/mol. The molecule has 0 amide bonds. The number of rotatable bonds is 6. The minimum atomic E-state index is 0.0207. The van der Waals surface area contributed by atoms with Gasteiger partial charge in [0.15, 0.2) is 0 Å². The maximum Gasteiger partial charge on any atom is 0.0587 e. The molecule has 0 aliphatic heterocycles. The predicted octanol–water partition coefficient (Wildman–Crippen LogP) is 3.22. The van der Waals surface area contributed by atoms with Crippen molar-refractivity contribution in [2.45, 2.75) is 39.2 Å². The summed E-state index contributed by atoms with van der Waals surface area (Å²) in [6.07, 6.45) is 0. The van der Waals surface area contributed by atoms with Crippen LogP contribution in [0.4, 0.5) is 0 Å². The van der Waals surface area contributed by atoms with Gasteiger partial charge in [0.25, 0.3) is 0 Å². The summed E-state index contributed by atoms with van der Waals surface area (Å²) < 4.78 is 0. The van der Waals surface area contributed by atoms with E-state index in [9.17, 15) is 5.11 Å². The van der Waals surface area contributed by atoms with Crippen molar-refractivity contribution in [1.82, 2.24) is 5.32 Å². The molecule has 0 heterocycles. The Morgan fingerprint density at radius 3 is 2.22 bits per heavy atom. The van der Waals surface area contributed by atoms with Gasteiger partial charge in [-0.05, 0) is 23.6 Å². The molecule has 1 atom stereocenters. The largest absolute Gasteiger partial charge is 0.395 e. The Bertz CT molecular complexity index is 359. The van der Waals surface area contributed by atoms with Crippen LogP contribution < -0.4 is 5.32 Å². The normalized spacial score (nSPS) is 13.9. The Labute approximate surface area is 115 Å². The first kappa shape index (κ1) is 15.5. The van der Waals surface area contributed by atoms with Crippen molar-refractivity contribution >= 4 is 11.6 Å². The highest BCUT2D eigenvalue weighted by molar-refractivity contribution is 6.30. The molecule has 0 saturated carbocycles. The number of halogens is 1. The highest BCUT2D eigenvalue weighted by Gasteiger charge is 2.22. The standard InChI is InChI=1S/C15H24ClNO/c1-11(2)14(9-18)17-10-15(3,4)12-5-7-13(16)8-6-12/h5-8,11,14,17-18H,9-10H2,1-4H3. The lowest BCUT2D eigenvalue weighted by Gasteiger charge is -2.30. The van der Waals surface area contributed by atoms with Crippen LogP contribution in [0.3, 0.4) is 0 Å². The van der Waals surface area contributed by atoms with Crippen LogP contribution in [-0.2, 0) is 5.41 Å². The van der Waals surface area contributed by atoms with E-state index in [1.54, 1.807) is 0 Å². The molecule has 1 aromatic rings. The lowest BCUT2D eigenvalue weighted by atomic mass is 9.84. The van der Waals surface area contributed by atoms with Crippen LogP contribution in [0.2, 0.25) is 5.02 Å². The van der Waals surface area contributed by atoms with Gasteiger partial charge in [0.2, 0.25) is 0 Å². The van der Waals surface area contributed by atoms with Crippen LogP contribution in [-0.4, -0.2) is 24.3 Å². The summed E-state index contributed by atoms with van der Waals surface area (Å²) in [7, 11) is 0. The fourth-order valence-corrected chi connectivity index (χ4v) is 2.03. The van der Waals surface area contributed by atoms with Crippen LogP contribution in [0, 0.1) is 5.92 Å². The van der Waals surface area contributed by atoms with Gasteiger partial charge in [0, 0.05) is 23.0 Å². The molecule has 0 aliphatic carbocycles. The van der Waals surface area contributed by atoms with E-state index in [1.165, 1.54) is 5.56 Å². The molecule has 0 saturated heterocycles. The molecular weight excluding hydrogens is 246 g/mol. The molecule has 0 radical (unpaired) electrons. The van der Waals surface area contributed by atoms with Crippen LogP contribution >= 0.6 is 11.6 Å². The van der Waals surface area contributed by atoms with Crippen molar-refractivity contribution in [2.75, 3.05) is 13.2 Å². The SMILES string of the molecule is CC(C)C(CO)NCC(C)(C)c1ccc(Cl)cc1. The minimum absolute atomic E-state index is 0.0207. The summed E-state index contributed by atoms with van der Waals surface area (Å²) in [5.41, 5.74) is 1.27. The number of hydrogen-bond donors (Lipinski definition) is 2. The molecule has 1 rings (SSSR count). The number of benzene rings is 1. The molecule has 0 fully saturated rings. The third kappa shape index (κ3) is 4.27. The summed E-state index contributed by atoms with van der Waals surface area (Å²) in [6, 6.07) is 8.12. The van der Waals surface area contributed by atoms with Gasteiger partial charge in [-0.2, -0.15) is 0 Å². The molecule has 1 unspecified atom stereocenters. The first-order valence-corrected chi connectivity index (χ1v) is 6.85. The first-order chi connectivity index (χ1) is 8.36. The Morgan fingerprint density at radius 2 is 1.78 bits per heavy atom. The van der Waals surface area contributed by atoms with Gasteiger partial charge in [0.05, 0.1) is 6.61 Å². The van der Waals surface area contributed by atoms with Gasteiger partial charge in [-0.1, -0.05) is 51.4 Å². The highest BCUT2D eigenvalue weighted by Crippen LogP contribution is 2.24. The third-order valence-electron chi connectivity index (χ3n) is 3.43. The van der Waals surface area contributed by atoms with Crippen LogP contribution in [0.25, 0.3) is 0 Å². The summed E-state index contributed by atoms with van der Waals surface area (Å²) in [5, 5.41) is 13.5. The van der Waals surface area contributed by atoms with Crippen molar-refractivity contribution in [3.8, 4) is 0 Å². The van der Waals surface area contributed by atoms with Crippen LogP contribution in [0.15, 0.2) is 24.3 Å². The van der Waals surface area contributed by atoms with Crippen molar-refractivity contribution < 1.29 is 5.11 Å². The molecule has 0 bridgehead atoms. The lowest BCUT2D eigenvalue weighted by molar-refractivity contribution is 0.204. The highest BCUT2D eigenvalue weighted by atomic mass is 35.5. The van der Waals surface area contributed by atoms with E-state index in [1.807, 2.05) is 12.1 Å². The van der Waals surface area contributed by atoms with Crippen molar-refractivity contribution in [3.05, 3.63) is 34.9 Å². The van der Waals surface area contributed by atoms with E-state index < -0.39 is 0 Å². The maximum atomic E-state index is 9.32. The van der Waals surface area contributed by atoms with E-state index in [0.29, 0.717) is 5.92 Å². The van der Waals surface area contributed by atoms with Gasteiger partial charge in [-0.3, -0.25) is 0 Å². The molecule has 2 nitrogen and oxygen atoms in total. The van der Waals surface area contributed by atoms with E-state index >= 15 is 0 Å². The Morgan fingerprint density at radius 1 is 1.22 bits per heavy atom. The summed E-state index contributed by atoms with van der Waals surface area (Å²) in [6.45, 7) is 9.62. The quantitative estimate of drug-likeness (QED) is 0.831. The van der Waals surface area contributed by atoms with Crippen molar-refractivity contribution in [2.24, 2.45) is 5.92 Å². The molecule has 102 valence electrons. The zero-order valence-electron chi connectivity index (χ0n) is 11.7. The summed E-state index contributed by atoms with van der Waals surface area (Å²) in [4.78, 5) is 0. The van der Waals surface area contributed by atoms with E-state index in [0.717, 1.165) is 11.6 Å². The van der Waals surface area contributed by atoms with Gasteiger partial charge in [-0.25, -0.2) is 0 Å². The number of aliphatic hydroxyl groups excluding tert-OH is 1. The minimum Gasteiger partial charge on any atom is -0.395 e. The monoisotopic (exact) mass is 269 g/mol. The van der Waals surface area contributed by atoms with Gasteiger partial charge in [-0.15, -0.1) is 0 Å². The Balaban J connectivity index is 2.66. The topological polar surface area (TPSA) is 32.3 Å². The van der Waals surface area contributed by atoms with E-state index in [4.69, 9.17) is 11.6 Å². The maximum absolute atomic E-state index is 9.32. The Kier molecular flexibility index (Phi) is 5.64. The van der Waals surface area contributed by atoms with Crippen molar-refractivity contribution in [1.29, 1.82) is 0 Å². The molecule has 0 aliphatic rings. The fraction of sp³-hybridized carbons (Fsp3) is 0.600. The first-order valence-electron chi connectivity index (χ1n) is 6.47. The number of hydrogen-bond acceptors (Lipinski definition) is 2. The van der Waals surface area contributed by atoms with Gasteiger partial charge in [0.1, 0.15) is 0 Å². The van der Waals surface area contributed by atoms with Crippen LogP contribution in [0.1, 0.15) is 33.3 Å². The second-order valence-electron chi connectivity index (χ2n) is 5.80. The van der Waals surface area contributed by atoms with Crippen molar-refractivity contribution in [3.63, 3.8) is 0 Å². The molecule has 0 spiro atoms. The summed E-state index contributed by atoms with van der Waals surface area (Å²) >= 11 is 5.90. The van der Waals surface area contributed by atoms with Crippen LogP contribution in [0.5, 0.6) is 0 Å². The second-order valence-corrected chi connectivity index (χ2v) is 6.24. The summed E-state index contributed by atoms with van der Waals surface area (Å²) in [5.74, 6) is 0.427. The number of nitrogens with one attached hydrogen (secondary N) is 1. The molecule has 3 heteroatoms. The second kappa shape index (κ2) is 6.55. The molecule has 2 N–H and O–H groups in total. The zero-order valence-corrected chi connectivity index (χ0v) is 12.5. The Hall–Kier alpha value is -0.570. The smallest absolute Gasteiger partial charge is 0.0587 e. The zero-order chi connectivity index (χ0) is 13.8. The molecule has 1 aromatic carbocycles. The lowest BCUT2D eigenvalue weighted by Crippen LogP contribution is -2.43. The molecular formula is C15H24ClNO. The van der Waals surface area contributed by atoms with E-state index in [2.05, 4.69) is 45.1 Å². The average molecular weight is 270 g/mol.